The normalized spacial score (nSPS) is 9.83. The minimum Gasteiger partial charge on any atom is -0.322 e. The average molecular weight is 244 g/mol. The van der Waals surface area contributed by atoms with Gasteiger partial charge in [0.1, 0.15) is 11.5 Å². The Morgan fingerprint density at radius 3 is 2.50 bits per heavy atom. The molecule has 5 heteroatoms. The smallest absolute Gasteiger partial charge is 0.258 e. The molecule has 18 heavy (non-hydrogen) atoms. The number of carbonyl (C=O) groups excluding carboxylic acids is 1. The van der Waals surface area contributed by atoms with Crippen LogP contribution in [0.25, 0.3) is 0 Å². The second-order valence-corrected chi connectivity index (χ2v) is 3.58. The van der Waals surface area contributed by atoms with Crippen molar-refractivity contribution in [1.29, 1.82) is 0 Å². The van der Waals surface area contributed by atoms with Crippen LogP contribution in [0.3, 0.4) is 0 Å². The summed E-state index contributed by atoms with van der Waals surface area (Å²) in [6.45, 7) is 0. The summed E-state index contributed by atoms with van der Waals surface area (Å²) in [5, 5.41) is 5.19. The van der Waals surface area contributed by atoms with Gasteiger partial charge in [-0.1, -0.05) is 18.2 Å². The number of anilines is 1. The molecule has 1 N–H and O–H groups in total. The van der Waals surface area contributed by atoms with E-state index in [1.54, 1.807) is 30.3 Å². The van der Waals surface area contributed by atoms with Crippen LogP contribution in [-0.4, -0.2) is 5.91 Å². The van der Waals surface area contributed by atoms with Crippen molar-refractivity contribution < 1.29 is 9.18 Å². The highest BCUT2D eigenvalue weighted by Crippen LogP contribution is 2.18. The molecule has 0 aliphatic rings. The lowest BCUT2D eigenvalue weighted by Crippen LogP contribution is -2.13. The number of para-hydroxylation sites is 1. The zero-order valence-corrected chi connectivity index (χ0v) is 9.26. The first-order chi connectivity index (χ1) is 8.70. The van der Waals surface area contributed by atoms with Gasteiger partial charge in [0.2, 0.25) is 0 Å². The predicted molar refractivity (Wildman–Crippen MR) is 66.3 cm³/mol. The van der Waals surface area contributed by atoms with E-state index >= 15 is 0 Å². The van der Waals surface area contributed by atoms with E-state index < -0.39 is 11.7 Å². The van der Waals surface area contributed by atoms with Crippen LogP contribution in [0, 0.1) is 10.7 Å². The Labute approximate surface area is 102 Å². The Kier molecular flexibility index (Phi) is 3.43. The number of carbonyl (C=O) groups is 1. The van der Waals surface area contributed by atoms with Gasteiger partial charge in [0.15, 0.2) is 0 Å². The Morgan fingerprint density at radius 1 is 1.11 bits per heavy atom. The summed E-state index contributed by atoms with van der Waals surface area (Å²) in [5.41, 5.74) is 0.344. The van der Waals surface area contributed by atoms with E-state index in [0.717, 1.165) is 12.1 Å². The number of amides is 1. The Hall–Kier alpha value is -2.56. The Morgan fingerprint density at radius 2 is 1.83 bits per heavy atom. The van der Waals surface area contributed by atoms with Crippen LogP contribution in [0.4, 0.5) is 15.8 Å². The van der Waals surface area contributed by atoms with Crippen LogP contribution in [0.1, 0.15) is 10.4 Å². The van der Waals surface area contributed by atoms with Gasteiger partial charge in [0.05, 0.1) is 5.56 Å². The van der Waals surface area contributed by atoms with Crippen molar-refractivity contribution in [3.8, 4) is 0 Å². The van der Waals surface area contributed by atoms with Gasteiger partial charge in [-0.3, -0.25) is 4.79 Å². The largest absolute Gasteiger partial charge is 0.322 e. The van der Waals surface area contributed by atoms with E-state index in [0.29, 0.717) is 5.69 Å². The Balaban J connectivity index is 2.26. The summed E-state index contributed by atoms with van der Waals surface area (Å²) in [4.78, 5) is 22.2. The molecule has 0 spiro atoms. The summed E-state index contributed by atoms with van der Waals surface area (Å²) >= 11 is 0. The van der Waals surface area contributed by atoms with Crippen molar-refractivity contribution in [2.45, 2.75) is 0 Å². The number of halogens is 1. The van der Waals surface area contributed by atoms with Crippen LogP contribution in [0.15, 0.2) is 53.7 Å². The fourth-order valence-electron chi connectivity index (χ4n) is 1.46. The third kappa shape index (κ3) is 2.57. The van der Waals surface area contributed by atoms with Crippen molar-refractivity contribution in [1.82, 2.24) is 0 Å². The minimum atomic E-state index is -0.698. The first-order valence-corrected chi connectivity index (χ1v) is 5.20. The van der Waals surface area contributed by atoms with Gasteiger partial charge in [-0.2, -0.15) is 0 Å². The highest BCUT2D eigenvalue weighted by Gasteiger charge is 2.12. The van der Waals surface area contributed by atoms with Crippen molar-refractivity contribution >= 4 is 17.3 Å². The molecule has 0 radical (unpaired) electrons. The van der Waals surface area contributed by atoms with Crippen LogP contribution in [0.2, 0.25) is 0 Å². The number of hydrogen-bond acceptors (Lipinski definition) is 3. The number of benzene rings is 2. The van der Waals surface area contributed by atoms with Gasteiger partial charge in [0, 0.05) is 5.69 Å². The maximum atomic E-state index is 13.5. The van der Waals surface area contributed by atoms with Gasteiger partial charge in [-0.15, -0.1) is 4.91 Å². The monoisotopic (exact) mass is 244 g/mol. The van der Waals surface area contributed by atoms with Crippen molar-refractivity contribution in [3.63, 3.8) is 0 Å². The molecule has 0 heterocycles. The van der Waals surface area contributed by atoms with Gasteiger partial charge in [-0.05, 0) is 35.5 Å². The molecule has 0 aliphatic heterocycles. The van der Waals surface area contributed by atoms with E-state index in [4.69, 9.17) is 0 Å². The van der Waals surface area contributed by atoms with Crippen molar-refractivity contribution in [3.05, 3.63) is 64.8 Å². The Bertz CT molecular complexity index is 585. The second-order valence-electron chi connectivity index (χ2n) is 3.58. The highest BCUT2D eigenvalue weighted by atomic mass is 19.1. The first-order valence-electron chi connectivity index (χ1n) is 5.20. The van der Waals surface area contributed by atoms with Crippen LogP contribution < -0.4 is 5.32 Å². The summed E-state index contributed by atoms with van der Waals surface area (Å²) in [6, 6.07) is 12.0. The molecule has 0 aliphatic carbocycles. The molecule has 0 saturated heterocycles. The average Bonchev–Trinajstić information content (AvgIpc) is 2.40. The minimum absolute atomic E-state index is 0.00890. The molecule has 2 rings (SSSR count). The van der Waals surface area contributed by atoms with E-state index in [-0.39, 0.29) is 11.3 Å². The molecule has 0 saturated carbocycles. The topological polar surface area (TPSA) is 58.5 Å². The maximum absolute atomic E-state index is 13.5. The summed E-state index contributed by atoms with van der Waals surface area (Å²) in [6.07, 6.45) is 0. The lowest BCUT2D eigenvalue weighted by molar-refractivity contribution is 0.102. The predicted octanol–water partition coefficient (Wildman–Crippen LogP) is 3.48. The van der Waals surface area contributed by atoms with E-state index in [1.165, 1.54) is 6.07 Å². The molecule has 4 nitrogen and oxygen atoms in total. The third-order valence-electron chi connectivity index (χ3n) is 2.33. The van der Waals surface area contributed by atoms with Crippen molar-refractivity contribution in [2.75, 3.05) is 5.32 Å². The summed E-state index contributed by atoms with van der Waals surface area (Å²) in [7, 11) is 0. The number of nitroso groups, excluding NO2 is 1. The molecule has 2 aromatic carbocycles. The van der Waals surface area contributed by atoms with Crippen molar-refractivity contribution in [2.24, 2.45) is 5.18 Å². The standard InChI is InChI=1S/C13H9FN2O2/c14-12-7-6-10(16-18)8-11(12)13(17)15-9-4-2-1-3-5-9/h1-8H,(H,15,17). The second kappa shape index (κ2) is 5.18. The zero-order chi connectivity index (χ0) is 13.0. The van der Waals surface area contributed by atoms with Gasteiger partial charge in [-0.25, -0.2) is 4.39 Å². The lowest BCUT2D eigenvalue weighted by Gasteiger charge is -2.06. The molecule has 2 aromatic rings. The third-order valence-corrected chi connectivity index (χ3v) is 2.33. The quantitative estimate of drug-likeness (QED) is 0.840. The van der Waals surface area contributed by atoms with Crippen LogP contribution in [0.5, 0.6) is 0 Å². The molecular weight excluding hydrogens is 235 g/mol. The SMILES string of the molecule is O=Nc1ccc(F)c(C(=O)Nc2ccccc2)c1. The number of nitrogens with zero attached hydrogens (tertiary/aromatic N) is 1. The fraction of sp³-hybridized carbons (Fsp3) is 0. The highest BCUT2D eigenvalue weighted by molar-refractivity contribution is 6.04. The molecule has 90 valence electrons. The zero-order valence-electron chi connectivity index (χ0n) is 9.26. The van der Waals surface area contributed by atoms with E-state index in [9.17, 15) is 14.1 Å². The van der Waals surface area contributed by atoms with Gasteiger partial charge in [0.25, 0.3) is 5.91 Å². The summed E-state index contributed by atoms with van der Waals surface area (Å²) in [5.74, 6) is -1.32. The molecular formula is C13H9FN2O2. The lowest BCUT2D eigenvalue weighted by atomic mass is 10.1. The number of rotatable bonds is 3. The first kappa shape index (κ1) is 11.9. The number of nitrogens with one attached hydrogen (secondary N) is 1. The molecule has 0 fully saturated rings. The number of hydrogen-bond donors (Lipinski definition) is 1. The van der Waals surface area contributed by atoms with Crippen LogP contribution in [-0.2, 0) is 0 Å². The molecule has 0 atom stereocenters. The molecule has 0 aromatic heterocycles. The van der Waals surface area contributed by atoms with Gasteiger partial charge >= 0.3 is 0 Å². The molecule has 1 amide bonds. The molecule has 0 bridgehead atoms. The summed E-state index contributed by atoms with van der Waals surface area (Å²) < 4.78 is 13.5. The van der Waals surface area contributed by atoms with E-state index in [1.807, 2.05) is 0 Å². The van der Waals surface area contributed by atoms with E-state index in [2.05, 4.69) is 10.5 Å². The van der Waals surface area contributed by atoms with Gasteiger partial charge < -0.3 is 5.32 Å². The maximum Gasteiger partial charge on any atom is 0.258 e. The fourth-order valence-corrected chi connectivity index (χ4v) is 1.46. The van der Waals surface area contributed by atoms with Crippen LogP contribution >= 0.6 is 0 Å². The molecule has 0 unspecified atom stereocenters.